The molecule has 0 aromatic rings. The zero-order valence-corrected chi connectivity index (χ0v) is 6.60. The molecule has 0 atom stereocenters. The summed E-state index contributed by atoms with van der Waals surface area (Å²) >= 11 is 0. The van der Waals surface area contributed by atoms with Crippen LogP contribution in [0.15, 0.2) is 11.6 Å². The fourth-order valence-electron chi connectivity index (χ4n) is 1.25. The summed E-state index contributed by atoms with van der Waals surface area (Å²) < 4.78 is 0. The molecule has 2 N–H and O–H groups in total. The van der Waals surface area contributed by atoms with Gasteiger partial charge in [-0.1, -0.05) is 18.1 Å². The predicted octanol–water partition coefficient (Wildman–Crippen LogP) is 2.23. The summed E-state index contributed by atoms with van der Waals surface area (Å²) in [5, 5.41) is 0. The van der Waals surface area contributed by atoms with E-state index < -0.39 is 0 Å². The molecule has 1 heteroatoms. The average molecular weight is 139 g/mol. The first-order valence-electron chi connectivity index (χ1n) is 4.31. The second-order valence-corrected chi connectivity index (χ2v) is 3.00. The highest BCUT2D eigenvalue weighted by atomic mass is 14.5. The lowest BCUT2D eigenvalue weighted by Gasteiger charge is -2.13. The van der Waals surface area contributed by atoms with Crippen LogP contribution in [0.2, 0.25) is 0 Å². The van der Waals surface area contributed by atoms with Crippen LogP contribution in [0, 0.1) is 0 Å². The third-order valence-corrected chi connectivity index (χ3v) is 2.10. The molecule has 0 saturated heterocycles. The Morgan fingerprint density at radius 2 is 2.10 bits per heavy atom. The van der Waals surface area contributed by atoms with Crippen molar-refractivity contribution in [1.82, 2.24) is 0 Å². The van der Waals surface area contributed by atoms with E-state index in [2.05, 4.69) is 6.08 Å². The minimum Gasteiger partial charge on any atom is -0.330 e. The third kappa shape index (κ3) is 2.53. The largest absolute Gasteiger partial charge is 0.330 e. The number of rotatable bonds is 5. The van der Waals surface area contributed by atoms with Crippen molar-refractivity contribution < 1.29 is 0 Å². The third-order valence-electron chi connectivity index (χ3n) is 2.10. The van der Waals surface area contributed by atoms with Crippen LogP contribution in [0.5, 0.6) is 0 Å². The van der Waals surface area contributed by atoms with E-state index in [0.29, 0.717) is 0 Å². The van der Waals surface area contributed by atoms with Crippen LogP contribution >= 0.6 is 0 Å². The fraction of sp³-hybridized carbons (Fsp3) is 0.778. The summed E-state index contributed by atoms with van der Waals surface area (Å²) in [6.07, 6.45) is 10.3. The Hall–Kier alpha value is -0.300. The summed E-state index contributed by atoms with van der Waals surface area (Å²) in [6.45, 7) is 0.860. The molecule has 1 aliphatic rings. The zero-order chi connectivity index (χ0) is 7.23. The smallest absolute Gasteiger partial charge is 0.00773 e. The zero-order valence-electron chi connectivity index (χ0n) is 6.60. The van der Waals surface area contributed by atoms with Crippen LogP contribution in [0.25, 0.3) is 0 Å². The van der Waals surface area contributed by atoms with Gasteiger partial charge in [-0.2, -0.15) is 0 Å². The Labute approximate surface area is 63.3 Å². The Morgan fingerprint density at radius 3 is 2.60 bits per heavy atom. The molecule has 0 unspecified atom stereocenters. The highest BCUT2D eigenvalue weighted by Gasteiger charge is 2.03. The maximum absolute atomic E-state index is 5.38. The van der Waals surface area contributed by atoms with Crippen LogP contribution < -0.4 is 5.73 Å². The van der Waals surface area contributed by atoms with Gasteiger partial charge in [-0.25, -0.2) is 0 Å². The maximum atomic E-state index is 5.38. The van der Waals surface area contributed by atoms with Crippen molar-refractivity contribution in [3.05, 3.63) is 11.6 Å². The first-order valence-corrected chi connectivity index (χ1v) is 4.31. The molecule has 0 amide bonds. The highest BCUT2D eigenvalue weighted by molar-refractivity contribution is 5.11. The first kappa shape index (κ1) is 7.80. The molecule has 58 valence electrons. The second-order valence-electron chi connectivity index (χ2n) is 3.00. The Balaban J connectivity index is 1.85. The Morgan fingerprint density at radius 1 is 1.30 bits per heavy atom. The lowest BCUT2D eigenvalue weighted by molar-refractivity contribution is 0.654. The molecule has 0 saturated carbocycles. The number of hydrogen-bond donors (Lipinski definition) is 1. The van der Waals surface area contributed by atoms with Gasteiger partial charge in [0, 0.05) is 0 Å². The molecule has 0 heterocycles. The van der Waals surface area contributed by atoms with Crippen LogP contribution in [-0.2, 0) is 0 Å². The van der Waals surface area contributed by atoms with Crippen molar-refractivity contribution in [2.24, 2.45) is 5.73 Å². The molecular formula is C9H17N. The van der Waals surface area contributed by atoms with Crippen molar-refractivity contribution >= 4 is 0 Å². The van der Waals surface area contributed by atoms with Gasteiger partial charge >= 0.3 is 0 Å². The Bertz CT molecular complexity index is 116. The first-order chi connectivity index (χ1) is 4.93. The van der Waals surface area contributed by atoms with Gasteiger partial charge in [0.15, 0.2) is 0 Å². The molecule has 0 aromatic heterocycles. The van der Waals surface area contributed by atoms with E-state index in [1.807, 2.05) is 0 Å². The molecule has 0 radical (unpaired) electrons. The lowest BCUT2D eigenvalue weighted by Crippen LogP contribution is -1.99. The van der Waals surface area contributed by atoms with Crippen LogP contribution in [-0.4, -0.2) is 6.54 Å². The van der Waals surface area contributed by atoms with E-state index >= 15 is 0 Å². The van der Waals surface area contributed by atoms with Crippen LogP contribution in [0.1, 0.15) is 38.5 Å². The molecule has 1 aliphatic carbocycles. The number of unbranched alkanes of at least 4 members (excludes halogenated alkanes) is 2. The van der Waals surface area contributed by atoms with Crippen molar-refractivity contribution in [3.8, 4) is 0 Å². The minimum atomic E-state index is 0.860. The van der Waals surface area contributed by atoms with Gasteiger partial charge in [-0.3, -0.25) is 0 Å². The molecular weight excluding hydrogens is 122 g/mol. The number of nitrogens with two attached hydrogens (primary N) is 1. The monoisotopic (exact) mass is 139 g/mol. The molecule has 0 aromatic carbocycles. The molecule has 10 heavy (non-hydrogen) atoms. The topological polar surface area (TPSA) is 26.0 Å². The van der Waals surface area contributed by atoms with Gasteiger partial charge in [0.25, 0.3) is 0 Å². The molecule has 1 rings (SSSR count). The van der Waals surface area contributed by atoms with E-state index in [0.717, 1.165) is 6.54 Å². The standard InChI is InChI=1S/C9H17N/c10-8-3-1-2-5-9-6-4-7-9/h6H,1-5,7-8,10H2. The minimum absolute atomic E-state index is 0.860. The Kier molecular flexibility index (Phi) is 3.52. The molecule has 0 aliphatic heterocycles. The van der Waals surface area contributed by atoms with Gasteiger partial charge < -0.3 is 5.73 Å². The lowest BCUT2D eigenvalue weighted by atomic mass is 9.94. The summed E-state index contributed by atoms with van der Waals surface area (Å²) in [5.41, 5.74) is 7.06. The van der Waals surface area contributed by atoms with Gasteiger partial charge in [0.2, 0.25) is 0 Å². The van der Waals surface area contributed by atoms with Crippen molar-refractivity contribution in [2.75, 3.05) is 6.54 Å². The van der Waals surface area contributed by atoms with Gasteiger partial charge in [-0.05, 0) is 38.6 Å². The number of hydrogen-bond acceptors (Lipinski definition) is 1. The van der Waals surface area contributed by atoms with Gasteiger partial charge in [0.05, 0.1) is 0 Å². The second kappa shape index (κ2) is 4.51. The quantitative estimate of drug-likeness (QED) is 0.458. The van der Waals surface area contributed by atoms with E-state index in [9.17, 15) is 0 Å². The highest BCUT2D eigenvalue weighted by Crippen LogP contribution is 2.23. The fourth-order valence-corrected chi connectivity index (χ4v) is 1.25. The molecule has 0 fully saturated rings. The van der Waals surface area contributed by atoms with Gasteiger partial charge in [0.1, 0.15) is 0 Å². The summed E-state index contributed by atoms with van der Waals surface area (Å²) in [6, 6.07) is 0. The molecule has 1 nitrogen and oxygen atoms in total. The van der Waals surface area contributed by atoms with Crippen molar-refractivity contribution in [3.63, 3.8) is 0 Å². The SMILES string of the molecule is NCCCCCC1=CCC1. The summed E-state index contributed by atoms with van der Waals surface area (Å²) in [5.74, 6) is 0. The van der Waals surface area contributed by atoms with E-state index in [1.54, 1.807) is 5.57 Å². The normalized spacial score (nSPS) is 16.3. The van der Waals surface area contributed by atoms with Crippen molar-refractivity contribution in [2.45, 2.75) is 38.5 Å². The van der Waals surface area contributed by atoms with E-state index in [1.165, 1.54) is 38.5 Å². The summed E-state index contributed by atoms with van der Waals surface area (Å²) in [7, 11) is 0. The van der Waals surface area contributed by atoms with E-state index in [4.69, 9.17) is 5.73 Å². The maximum Gasteiger partial charge on any atom is -0.00773 e. The molecule has 0 spiro atoms. The van der Waals surface area contributed by atoms with Crippen molar-refractivity contribution in [1.29, 1.82) is 0 Å². The van der Waals surface area contributed by atoms with Crippen LogP contribution in [0.3, 0.4) is 0 Å². The number of allylic oxidation sites excluding steroid dienone is 2. The average Bonchev–Trinajstić information content (AvgIpc) is 1.84. The summed E-state index contributed by atoms with van der Waals surface area (Å²) in [4.78, 5) is 0. The van der Waals surface area contributed by atoms with E-state index in [-0.39, 0.29) is 0 Å². The van der Waals surface area contributed by atoms with Gasteiger partial charge in [-0.15, -0.1) is 0 Å². The predicted molar refractivity (Wildman–Crippen MR) is 44.8 cm³/mol. The van der Waals surface area contributed by atoms with Crippen LogP contribution in [0.4, 0.5) is 0 Å². The molecule has 0 bridgehead atoms.